The first kappa shape index (κ1) is 13.9. The van der Waals surface area contributed by atoms with Crippen molar-refractivity contribution in [3.8, 4) is 5.75 Å². The lowest BCUT2D eigenvalue weighted by Crippen LogP contribution is -2.41. The Kier molecular flexibility index (Phi) is 3.10. The van der Waals surface area contributed by atoms with Crippen molar-refractivity contribution in [3.05, 3.63) is 17.8 Å². The van der Waals surface area contributed by atoms with Gasteiger partial charge in [0.1, 0.15) is 5.75 Å². The third-order valence-electron chi connectivity index (χ3n) is 4.49. The maximum Gasteiger partial charge on any atom is 0.514 e. The van der Waals surface area contributed by atoms with Gasteiger partial charge in [-0.25, -0.2) is 0 Å². The molecule has 0 radical (unpaired) electrons. The molecular weight excluding hydrogens is 253 g/mol. The Morgan fingerprint density at radius 2 is 1.80 bits per heavy atom. The molecule has 1 aromatic rings. The quantitative estimate of drug-likeness (QED) is 0.793. The lowest BCUT2D eigenvalue weighted by atomic mass is 9.81. The molecule has 0 unspecified atom stereocenters. The van der Waals surface area contributed by atoms with Crippen LogP contribution in [0.1, 0.15) is 46.1 Å². The third kappa shape index (κ3) is 2.33. The monoisotopic (exact) mass is 275 g/mol. The number of nitrogens with zero attached hydrogens (tertiary/aromatic N) is 1. The molecule has 0 amide bonds. The second-order valence-electron chi connectivity index (χ2n) is 6.72. The Morgan fingerprint density at radius 1 is 1.20 bits per heavy atom. The molecule has 3 rings (SSSR count). The van der Waals surface area contributed by atoms with Gasteiger partial charge in [-0.1, -0.05) is 0 Å². The minimum Gasteiger partial charge on any atom is -0.490 e. The van der Waals surface area contributed by atoms with Crippen molar-refractivity contribution in [2.75, 3.05) is 0 Å². The van der Waals surface area contributed by atoms with E-state index in [1.54, 1.807) is 6.20 Å². The van der Waals surface area contributed by atoms with Gasteiger partial charge in [-0.15, -0.1) is 0 Å². The first-order valence-electron chi connectivity index (χ1n) is 7.28. The van der Waals surface area contributed by atoms with Crippen molar-refractivity contribution in [1.29, 1.82) is 0 Å². The highest BCUT2D eigenvalue weighted by molar-refractivity contribution is 6.61. The number of pyridine rings is 1. The van der Waals surface area contributed by atoms with Crippen molar-refractivity contribution >= 4 is 12.7 Å². The summed E-state index contributed by atoms with van der Waals surface area (Å²) in [6.07, 6.45) is 4.44. The molecule has 0 bridgehead atoms. The zero-order valence-electron chi connectivity index (χ0n) is 12.9. The highest BCUT2D eigenvalue weighted by Gasteiger charge is 2.52. The molecule has 0 aromatic carbocycles. The van der Waals surface area contributed by atoms with Crippen LogP contribution >= 0.6 is 0 Å². The Balaban J connectivity index is 1.87. The van der Waals surface area contributed by atoms with E-state index in [2.05, 4.69) is 4.98 Å². The molecule has 2 aliphatic rings. The molecule has 1 aromatic heterocycles. The molecule has 2 heterocycles. The smallest absolute Gasteiger partial charge is 0.490 e. The fourth-order valence-electron chi connectivity index (χ4n) is 2.22. The second kappa shape index (κ2) is 4.47. The van der Waals surface area contributed by atoms with Crippen LogP contribution in [0.15, 0.2) is 12.3 Å². The van der Waals surface area contributed by atoms with Gasteiger partial charge in [-0.3, -0.25) is 4.98 Å². The van der Waals surface area contributed by atoms with E-state index in [9.17, 15) is 0 Å². The summed E-state index contributed by atoms with van der Waals surface area (Å²) < 4.78 is 18.0. The standard InChI is InChI=1S/C15H22BNO3/c1-10-12(18-11-6-7-11)8-9-17-13(10)16-19-14(2,3)15(4,5)20-16/h8-9,11H,6-7H2,1-5H3. The molecule has 1 saturated heterocycles. The summed E-state index contributed by atoms with van der Waals surface area (Å²) in [6, 6.07) is 1.92. The molecular formula is C15H22BNO3. The van der Waals surface area contributed by atoms with E-state index in [4.69, 9.17) is 14.0 Å². The van der Waals surface area contributed by atoms with E-state index >= 15 is 0 Å². The fraction of sp³-hybridized carbons (Fsp3) is 0.667. The largest absolute Gasteiger partial charge is 0.514 e. The van der Waals surface area contributed by atoms with Crippen molar-refractivity contribution < 1.29 is 14.0 Å². The Morgan fingerprint density at radius 3 is 2.35 bits per heavy atom. The van der Waals surface area contributed by atoms with Crippen LogP contribution in [0.4, 0.5) is 0 Å². The fourth-order valence-corrected chi connectivity index (χ4v) is 2.22. The Labute approximate surface area is 121 Å². The normalized spacial score (nSPS) is 23.9. The molecule has 5 heteroatoms. The van der Waals surface area contributed by atoms with E-state index in [1.165, 1.54) is 0 Å². The Hall–Kier alpha value is -1.07. The maximum absolute atomic E-state index is 6.07. The number of ether oxygens (including phenoxy) is 1. The zero-order chi connectivity index (χ0) is 14.5. The van der Waals surface area contributed by atoms with Gasteiger partial charge >= 0.3 is 7.12 Å². The van der Waals surface area contributed by atoms with Gasteiger partial charge in [0.25, 0.3) is 0 Å². The van der Waals surface area contributed by atoms with Crippen LogP contribution in [0.25, 0.3) is 0 Å². The minimum absolute atomic E-state index is 0.348. The van der Waals surface area contributed by atoms with Gasteiger partial charge in [0.05, 0.1) is 22.9 Å². The van der Waals surface area contributed by atoms with E-state index < -0.39 is 7.12 Å². The van der Waals surface area contributed by atoms with E-state index in [0.29, 0.717) is 6.10 Å². The molecule has 1 aliphatic heterocycles. The molecule has 1 aliphatic carbocycles. The topological polar surface area (TPSA) is 40.6 Å². The third-order valence-corrected chi connectivity index (χ3v) is 4.49. The van der Waals surface area contributed by atoms with Gasteiger partial charge in [0.2, 0.25) is 0 Å². The molecule has 1 saturated carbocycles. The van der Waals surface area contributed by atoms with Crippen LogP contribution < -0.4 is 10.3 Å². The van der Waals surface area contributed by atoms with E-state index in [-0.39, 0.29) is 11.2 Å². The summed E-state index contributed by atoms with van der Waals surface area (Å²) in [5.74, 6) is 0.896. The first-order valence-corrected chi connectivity index (χ1v) is 7.28. The van der Waals surface area contributed by atoms with Gasteiger partial charge in [-0.2, -0.15) is 0 Å². The average Bonchev–Trinajstić information content (AvgIpc) is 3.10. The predicted octanol–water partition coefficient (Wildman–Crippen LogP) is 2.23. The lowest BCUT2D eigenvalue weighted by Gasteiger charge is -2.32. The molecule has 0 atom stereocenters. The summed E-state index contributed by atoms with van der Waals surface area (Å²) in [5.41, 5.74) is 1.14. The van der Waals surface area contributed by atoms with Crippen LogP contribution in [-0.4, -0.2) is 29.4 Å². The van der Waals surface area contributed by atoms with Crippen LogP contribution in [-0.2, 0) is 9.31 Å². The zero-order valence-corrected chi connectivity index (χ0v) is 12.9. The number of aromatic nitrogens is 1. The van der Waals surface area contributed by atoms with Crippen LogP contribution in [0.2, 0.25) is 0 Å². The molecule has 4 nitrogen and oxygen atoms in total. The maximum atomic E-state index is 6.07. The highest BCUT2D eigenvalue weighted by Crippen LogP contribution is 2.37. The molecule has 2 fully saturated rings. The van der Waals surface area contributed by atoms with Crippen molar-refractivity contribution in [1.82, 2.24) is 4.98 Å². The van der Waals surface area contributed by atoms with E-state index in [1.807, 2.05) is 40.7 Å². The second-order valence-corrected chi connectivity index (χ2v) is 6.72. The SMILES string of the molecule is Cc1c(OC2CC2)ccnc1B1OC(C)(C)C(C)(C)O1. The van der Waals surface area contributed by atoms with Crippen molar-refractivity contribution in [3.63, 3.8) is 0 Å². The minimum atomic E-state index is -0.428. The summed E-state index contributed by atoms with van der Waals surface area (Å²) in [6.45, 7) is 10.2. The van der Waals surface area contributed by atoms with Crippen molar-refractivity contribution in [2.24, 2.45) is 0 Å². The summed E-state index contributed by atoms with van der Waals surface area (Å²) in [7, 11) is -0.428. The average molecular weight is 275 g/mol. The van der Waals surface area contributed by atoms with Gasteiger partial charge in [-0.05, 0) is 53.5 Å². The number of hydrogen-bond donors (Lipinski definition) is 0. The van der Waals surface area contributed by atoms with Gasteiger partial charge in [0.15, 0.2) is 0 Å². The summed E-state index contributed by atoms with van der Waals surface area (Å²) in [4.78, 5) is 4.45. The predicted molar refractivity (Wildman–Crippen MR) is 78.3 cm³/mol. The molecule has 108 valence electrons. The van der Waals surface area contributed by atoms with Gasteiger partial charge < -0.3 is 14.0 Å². The van der Waals surface area contributed by atoms with E-state index in [0.717, 1.165) is 29.7 Å². The van der Waals surface area contributed by atoms with Crippen LogP contribution in [0.5, 0.6) is 5.75 Å². The van der Waals surface area contributed by atoms with Gasteiger partial charge in [0, 0.05) is 11.8 Å². The molecule has 20 heavy (non-hydrogen) atoms. The Bertz CT molecular complexity index is 510. The van der Waals surface area contributed by atoms with Crippen LogP contribution in [0, 0.1) is 6.92 Å². The number of hydrogen-bond acceptors (Lipinski definition) is 4. The molecule has 0 N–H and O–H groups in total. The molecule has 0 spiro atoms. The van der Waals surface area contributed by atoms with Crippen LogP contribution in [0.3, 0.4) is 0 Å². The number of rotatable bonds is 3. The first-order chi connectivity index (χ1) is 9.30. The summed E-state index contributed by atoms with van der Waals surface area (Å²) in [5, 5.41) is 0. The summed E-state index contributed by atoms with van der Waals surface area (Å²) >= 11 is 0. The highest BCUT2D eigenvalue weighted by atomic mass is 16.7. The lowest BCUT2D eigenvalue weighted by molar-refractivity contribution is 0.00578. The van der Waals surface area contributed by atoms with Crippen molar-refractivity contribution in [2.45, 2.75) is 64.8 Å².